The zero-order valence-electron chi connectivity index (χ0n) is 12.2. The fraction of sp³-hybridized carbons (Fsp3) is 0.562. The Morgan fingerprint density at radius 1 is 1.27 bits per heavy atom. The van der Waals surface area contributed by atoms with Gasteiger partial charge in [0.05, 0.1) is 11.0 Å². The molecule has 0 bridgehead atoms. The molecule has 1 aromatic rings. The summed E-state index contributed by atoms with van der Waals surface area (Å²) in [6.07, 6.45) is -0.595. The van der Waals surface area contributed by atoms with E-state index in [0.717, 1.165) is 31.7 Å². The van der Waals surface area contributed by atoms with E-state index in [-0.39, 0.29) is 11.5 Å². The highest BCUT2D eigenvalue weighted by Crippen LogP contribution is 2.40. The standard InChI is InChI=1S/C16H18F4O2/c1-15(14(21)22,9-10-4-2-3-5-10)11-6-7-12(13(17)8-11)16(18,19)20/h6-8,10H,2-5,9H2,1H3,(H,21,22). The van der Waals surface area contributed by atoms with Crippen LogP contribution in [0, 0.1) is 11.7 Å². The van der Waals surface area contributed by atoms with Gasteiger partial charge in [0.25, 0.3) is 0 Å². The topological polar surface area (TPSA) is 37.3 Å². The minimum Gasteiger partial charge on any atom is -0.481 e. The third-order valence-corrected chi connectivity index (χ3v) is 4.56. The van der Waals surface area contributed by atoms with E-state index in [1.807, 2.05) is 0 Å². The number of aliphatic carboxylic acids is 1. The molecule has 22 heavy (non-hydrogen) atoms. The van der Waals surface area contributed by atoms with Crippen molar-refractivity contribution in [2.45, 2.75) is 50.6 Å². The van der Waals surface area contributed by atoms with E-state index < -0.39 is 28.9 Å². The summed E-state index contributed by atoms with van der Waals surface area (Å²) in [6.45, 7) is 1.45. The predicted molar refractivity (Wildman–Crippen MR) is 73.0 cm³/mol. The zero-order chi connectivity index (χ0) is 16.5. The summed E-state index contributed by atoms with van der Waals surface area (Å²) in [7, 11) is 0. The molecule has 1 atom stereocenters. The van der Waals surface area contributed by atoms with Crippen LogP contribution in [-0.2, 0) is 16.4 Å². The van der Waals surface area contributed by atoms with Crippen molar-refractivity contribution >= 4 is 5.97 Å². The van der Waals surface area contributed by atoms with Crippen LogP contribution in [0.1, 0.15) is 50.2 Å². The lowest BCUT2D eigenvalue weighted by atomic mass is 9.74. The predicted octanol–water partition coefficient (Wildman–Crippen LogP) is 4.77. The van der Waals surface area contributed by atoms with E-state index in [9.17, 15) is 27.5 Å². The summed E-state index contributed by atoms with van der Waals surface area (Å²) in [5, 5.41) is 9.52. The van der Waals surface area contributed by atoms with Crippen LogP contribution in [-0.4, -0.2) is 11.1 Å². The van der Waals surface area contributed by atoms with Gasteiger partial charge in [-0.2, -0.15) is 13.2 Å². The van der Waals surface area contributed by atoms with Gasteiger partial charge in [0.2, 0.25) is 0 Å². The van der Waals surface area contributed by atoms with E-state index in [0.29, 0.717) is 18.6 Å². The molecule has 122 valence electrons. The Balaban J connectivity index is 2.36. The Hall–Kier alpha value is -1.59. The first-order valence-corrected chi connectivity index (χ1v) is 7.25. The molecule has 1 unspecified atom stereocenters. The monoisotopic (exact) mass is 318 g/mol. The van der Waals surface area contributed by atoms with Crippen LogP contribution in [0.5, 0.6) is 0 Å². The molecule has 1 saturated carbocycles. The fourth-order valence-electron chi connectivity index (χ4n) is 3.21. The number of alkyl halides is 3. The minimum atomic E-state index is -4.78. The molecule has 0 amide bonds. The maximum absolute atomic E-state index is 13.7. The normalized spacial score (nSPS) is 19.1. The largest absolute Gasteiger partial charge is 0.481 e. The molecule has 2 nitrogen and oxygen atoms in total. The third kappa shape index (κ3) is 3.25. The lowest BCUT2D eigenvalue weighted by Crippen LogP contribution is -2.34. The lowest BCUT2D eigenvalue weighted by Gasteiger charge is -2.29. The van der Waals surface area contributed by atoms with Crippen LogP contribution in [0.25, 0.3) is 0 Å². The number of hydrogen-bond acceptors (Lipinski definition) is 1. The molecule has 1 fully saturated rings. The molecular formula is C16H18F4O2. The summed E-state index contributed by atoms with van der Waals surface area (Å²) >= 11 is 0. The maximum Gasteiger partial charge on any atom is 0.419 e. The van der Waals surface area contributed by atoms with Crippen LogP contribution >= 0.6 is 0 Å². The Kier molecular flexibility index (Phi) is 4.49. The summed E-state index contributed by atoms with van der Waals surface area (Å²) in [5.74, 6) is -2.35. The molecule has 0 aliphatic heterocycles. The summed E-state index contributed by atoms with van der Waals surface area (Å²) < 4.78 is 51.6. The SMILES string of the molecule is CC(CC1CCCC1)(C(=O)O)c1ccc(C(F)(F)F)c(F)c1. The Morgan fingerprint density at radius 2 is 1.86 bits per heavy atom. The first kappa shape index (κ1) is 16.8. The molecule has 0 radical (unpaired) electrons. The second-order valence-electron chi connectivity index (χ2n) is 6.18. The molecule has 0 heterocycles. The second kappa shape index (κ2) is 5.89. The highest BCUT2D eigenvalue weighted by atomic mass is 19.4. The Bertz CT molecular complexity index is 562. The second-order valence-corrected chi connectivity index (χ2v) is 6.18. The van der Waals surface area contributed by atoms with Crippen molar-refractivity contribution in [3.8, 4) is 0 Å². The molecule has 6 heteroatoms. The van der Waals surface area contributed by atoms with Gasteiger partial charge in [-0.25, -0.2) is 4.39 Å². The molecule has 0 aromatic heterocycles. The molecule has 0 saturated heterocycles. The molecule has 0 spiro atoms. The zero-order valence-corrected chi connectivity index (χ0v) is 12.2. The summed E-state index contributed by atoms with van der Waals surface area (Å²) in [4.78, 5) is 11.7. The first-order chi connectivity index (χ1) is 10.1. The van der Waals surface area contributed by atoms with Crippen molar-refractivity contribution in [2.24, 2.45) is 5.92 Å². The van der Waals surface area contributed by atoms with Gasteiger partial charge >= 0.3 is 12.1 Å². The van der Waals surface area contributed by atoms with Gasteiger partial charge in [-0.05, 0) is 37.0 Å². The number of carboxylic acids is 1. The molecule has 1 aromatic carbocycles. The van der Waals surface area contributed by atoms with E-state index in [4.69, 9.17) is 0 Å². The molecular weight excluding hydrogens is 300 g/mol. The van der Waals surface area contributed by atoms with Gasteiger partial charge < -0.3 is 5.11 Å². The van der Waals surface area contributed by atoms with Crippen molar-refractivity contribution < 1.29 is 27.5 Å². The highest BCUT2D eigenvalue weighted by Gasteiger charge is 2.40. The van der Waals surface area contributed by atoms with Crippen molar-refractivity contribution in [1.82, 2.24) is 0 Å². The van der Waals surface area contributed by atoms with Crippen LogP contribution in [0.2, 0.25) is 0 Å². The average Bonchev–Trinajstić information content (AvgIpc) is 2.89. The van der Waals surface area contributed by atoms with E-state index in [1.165, 1.54) is 6.92 Å². The average molecular weight is 318 g/mol. The van der Waals surface area contributed by atoms with Crippen molar-refractivity contribution in [3.05, 3.63) is 35.1 Å². The lowest BCUT2D eigenvalue weighted by molar-refractivity contribution is -0.144. The maximum atomic E-state index is 13.7. The van der Waals surface area contributed by atoms with Gasteiger partial charge in [0.15, 0.2) is 0 Å². The van der Waals surface area contributed by atoms with Crippen molar-refractivity contribution in [1.29, 1.82) is 0 Å². The van der Waals surface area contributed by atoms with Gasteiger partial charge in [-0.1, -0.05) is 31.7 Å². The van der Waals surface area contributed by atoms with Gasteiger partial charge in [0, 0.05) is 0 Å². The van der Waals surface area contributed by atoms with Crippen LogP contribution in [0.4, 0.5) is 17.6 Å². The number of carboxylic acid groups (broad SMARTS) is 1. The van der Waals surface area contributed by atoms with Gasteiger partial charge in [0.1, 0.15) is 5.82 Å². The molecule has 1 N–H and O–H groups in total. The number of halogens is 4. The molecule has 1 aliphatic rings. The third-order valence-electron chi connectivity index (χ3n) is 4.56. The molecule has 2 rings (SSSR count). The minimum absolute atomic E-state index is 0.0809. The smallest absolute Gasteiger partial charge is 0.419 e. The highest BCUT2D eigenvalue weighted by molar-refractivity contribution is 5.80. The Morgan fingerprint density at radius 3 is 2.32 bits per heavy atom. The number of benzene rings is 1. The Labute approximate surface area is 126 Å². The van der Waals surface area contributed by atoms with Crippen LogP contribution < -0.4 is 0 Å². The quantitative estimate of drug-likeness (QED) is 0.812. The number of rotatable bonds is 4. The van der Waals surface area contributed by atoms with E-state index in [2.05, 4.69) is 0 Å². The first-order valence-electron chi connectivity index (χ1n) is 7.25. The van der Waals surface area contributed by atoms with E-state index >= 15 is 0 Å². The number of carbonyl (C=O) groups is 1. The van der Waals surface area contributed by atoms with Crippen LogP contribution in [0.3, 0.4) is 0 Å². The van der Waals surface area contributed by atoms with Gasteiger partial charge in [-0.15, -0.1) is 0 Å². The van der Waals surface area contributed by atoms with E-state index in [1.54, 1.807) is 0 Å². The fourth-order valence-corrected chi connectivity index (χ4v) is 3.21. The van der Waals surface area contributed by atoms with Gasteiger partial charge in [-0.3, -0.25) is 4.79 Å². The summed E-state index contributed by atoms with van der Waals surface area (Å²) in [5.41, 5.74) is -2.66. The summed E-state index contributed by atoms with van der Waals surface area (Å²) in [6, 6.07) is 2.42. The van der Waals surface area contributed by atoms with Crippen molar-refractivity contribution in [2.75, 3.05) is 0 Å². The number of hydrogen-bond donors (Lipinski definition) is 1. The molecule has 1 aliphatic carbocycles. The van der Waals surface area contributed by atoms with Crippen molar-refractivity contribution in [3.63, 3.8) is 0 Å². The van der Waals surface area contributed by atoms with Crippen LogP contribution in [0.15, 0.2) is 18.2 Å².